The van der Waals surface area contributed by atoms with Crippen LogP contribution in [-0.4, -0.2) is 24.9 Å². The maximum absolute atomic E-state index is 13.3. The Labute approximate surface area is 158 Å². The maximum Gasteiger partial charge on any atom is 0.318 e. The van der Waals surface area contributed by atoms with E-state index in [2.05, 4.69) is 0 Å². The third-order valence-corrected chi connectivity index (χ3v) is 5.26. The molecule has 0 spiro atoms. The first kappa shape index (κ1) is 18.8. The third-order valence-electron chi connectivity index (χ3n) is 5.26. The SMILES string of the molecule is COC(=O)[C@H]1C(=O)N(c2ccc(C)cc2)C(=O)C(C)(C)[C@H]1c1ccccc1. The van der Waals surface area contributed by atoms with Crippen molar-refractivity contribution >= 4 is 23.5 Å². The summed E-state index contributed by atoms with van der Waals surface area (Å²) in [6.45, 7) is 5.48. The number of carbonyl (C=O) groups is 3. The summed E-state index contributed by atoms with van der Waals surface area (Å²) >= 11 is 0. The smallest absolute Gasteiger partial charge is 0.318 e. The number of methoxy groups -OCH3 is 1. The fourth-order valence-electron chi connectivity index (χ4n) is 3.79. The van der Waals surface area contributed by atoms with Gasteiger partial charge in [0.25, 0.3) is 0 Å². The number of benzene rings is 2. The van der Waals surface area contributed by atoms with Crippen LogP contribution in [0.25, 0.3) is 0 Å². The summed E-state index contributed by atoms with van der Waals surface area (Å²) in [5.74, 6) is -3.21. The number of carbonyl (C=O) groups excluding carboxylic acids is 3. The van der Waals surface area contributed by atoms with E-state index in [-0.39, 0.29) is 5.91 Å². The van der Waals surface area contributed by atoms with Crippen LogP contribution in [-0.2, 0) is 19.1 Å². The van der Waals surface area contributed by atoms with Gasteiger partial charge in [-0.25, -0.2) is 4.90 Å². The number of esters is 1. The van der Waals surface area contributed by atoms with Crippen LogP contribution < -0.4 is 4.90 Å². The lowest BCUT2D eigenvalue weighted by Gasteiger charge is -2.45. The minimum atomic E-state index is -1.09. The van der Waals surface area contributed by atoms with Gasteiger partial charge in [0.2, 0.25) is 11.8 Å². The highest BCUT2D eigenvalue weighted by molar-refractivity contribution is 6.24. The van der Waals surface area contributed by atoms with Crippen molar-refractivity contribution < 1.29 is 19.1 Å². The molecule has 2 aromatic carbocycles. The van der Waals surface area contributed by atoms with Gasteiger partial charge in [-0.05, 0) is 24.6 Å². The first-order valence-corrected chi connectivity index (χ1v) is 8.87. The summed E-state index contributed by atoms with van der Waals surface area (Å²) in [7, 11) is 1.26. The highest BCUT2D eigenvalue weighted by atomic mass is 16.5. The summed E-state index contributed by atoms with van der Waals surface area (Å²) in [5, 5.41) is 0. The Morgan fingerprint density at radius 3 is 2.15 bits per heavy atom. The molecule has 1 aliphatic heterocycles. The van der Waals surface area contributed by atoms with Crippen molar-refractivity contribution in [1.82, 2.24) is 0 Å². The topological polar surface area (TPSA) is 63.7 Å². The molecule has 27 heavy (non-hydrogen) atoms. The first-order chi connectivity index (χ1) is 12.8. The standard InChI is InChI=1S/C22H23NO4/c1-14-10-12-16(13-11-14)23-19(24)17(20(25)27-4)18(22(2,3)21(23)26)15-8-6-5-7-9-15/h5-13,17-18H,1-4H3/t17-,18+/m1/s1. The second kappa shape index (κ2) is 6.99. The minimum absolute atomic E-state index is 0.328. The van der Waals surface area contributed by atoms with Gasteiger partial charge in [0.1, 0.15) is 5.92 Å². The maximum atomic E-state index is 13.3. The van der Waals surface area contributed by atoms with Crippen LogP contribution in [0.3, 0.4) is 0 Å². The third kappa shape index (κ3) is 3.14. The molecule has 3 rings (SSSR count). The number of hydrogen-bond donors (Lipinski definition) is 0. The van der Waals surface area contributed by atoms with Crippen LogP contribution in [0.5, 0.6) is 0 Å². The van der Waals surface area contributed by atoms with Gasteiger partial charge in [-0.2, -0.15) is 0 Å². The average molecular weight is 365 g/mol. The lowest BCUT2D eigenvalue weighted by atomic mass is 9.64. The Kier molecular flexibility index (Phi) is 4.87. The van der Waals surface area contributed by atoms with Gasteiger partial charge in [0.15, 0.2) is 0 Å². The number of imide groups is 1. The van der Waals surface area contributed by atoms with E-state index in [9.17, 15) is 14.4 Å². The highest BCUT2D eigenvalue weighted by Crippen LogP contribution is 2.48. The molecule has 1 saturated heterocycles. The Morgan fingerprint density at radius 2 is 1.59 bits per heavy atom. The lowest BCUT2D eigenvalue weighted by Crippen LogP contribution is -2.59. The van der Waals surface area contributed by atoms with Crippen molar-refractivity contribution in [3.8, 4) is 0 Å². The monoisotopic (exact) mass is 365 g/mol. The number of ether oxygens (including phenoxy) is 1. The molecule has 0 aliphatic carbocycles. The van der Waals surface area contributed by atoms with Gasteiger partial charge in [-0.3, -0.25) is 14.4 Å². The highest BCUT2D eigenvalue weighted by Gasteiger charge is 2.57. The minimum Gasteiger partial charge on any atom is -0.468 e. The molecule has 0 saturated carbocycles. The van der Waals surface area contributed by atoms with Gasteiger partial charge in [-0.15, -0.1) is 0 Å². The van der Waals surface area contributed by atoms with E-state index in [0.717, 1.165) is 16.0 Å². The number of hydrogen-bond acceptors (Lipinski definition) is 4. The van der Waals surface area contributed by atoms with Crippen molar-refractivity contribution in [2.24, 2.45) is 11.3 Å². The molecule has 5 nitrogen and oxygen atoms in total. The summed E-state index contributed by atoms with van der Waals surface area (Å²) in [5.41, 5.74) is 1.27. The van der Waals surface area contributed by atoms with E-state index in [1.54, 1.807) is 26.0 Å². The van der Waals surface area contributed by atoms with Crippen LogP contribution in [0, 0.1) is 18.3 Å². The molecule has 0 bridgehead atoms. The van der Waals surface area contributed by atoms with Gasteiger partial charge < -0.3 is 4.74 Å². The Morgan fingerprint density at radius 1 is 1.00 bits per heavy atom. The normalized spacial score (nSPS) is 21.9. The zero-order chi connectivity index (χ0) is 19.8. The van der Waals surface area contributed by atoms with Crippen LogP contribution in [0.2, 0.25) is 0 Å². The second-order valence-electron chi connectivity index (χ2n) is 7.43. The van der Waals surface area contributed by atoms with Crippen molar-refractivity contribution in [3.05, 3.63) is 65.7 Å². The lowest BCUT2D eigenvalue weighted by molar-refractivity contribution is -0.156. The molecule has 0 radical (unpaired) electrons. The molecule has 5 heteroatoms. The number of piperidine rings is 1. The van der Waals surface area contributed by atoms with Crippen LogP contribution in [0.15, 0.2) is 54.6 Å². The molecule has 0 N–H and O–H groups in total. The van der Waals surface area contributed by atoms with Crippen molar-refractivity contribution in [3.63, 3.8) is 0 Å². The van der Waals surface area contributed by atoms with E-state index in [4.69, 9.17) is 4.74 Å². The van der Waals surface area contributed by atoms with Crippen molar-refractivity contribution in [1.29, 1.82) is 0 Å². The molecule has 140 valence electrons. The number of anilines is 1. The Balaban J connectivity index is 2.16. The Hall–Kier alpha value is -2.95. The van der Waals surface area contributed by atoms with Gasteiger partial charge >= 0.3 is 5.97 Å². The molecule has 1 fully saturated rings. The molecule has 2 amide bonds. The number of rotatable bonds is 3. The average Bonchev–Trinajstić information content (AvgIpc) is 2.66. The summed E-state index contributed by atoms with van der Waals surface area (Å²) in [6, 6.07) is 16.3. The van der Waals surface area contributed by atoms with E-state index in [0.29, 0.717) is 5.69 Å². The first-order valence-electron chi connectivity index (χ1n) is 8.87. The fraction of sp³-hybridized carbons (Fsp3) is 0.318. The van der Waals surface area contributed by atoms with Crippen molar-refractivity contribution in [2.75, 3.05) is 12.0 Å². The van der Waals surface area contributed by atoms with E-state index < -0.39 is 29.1 Å². The molecular weight excluding hydrogens is 342 g/mol. The molecule has 1 heterocycles. The Bertz CT molecular complexity index is 871. The molecule has 2 atom stereocenters. The molecule has 0 aromatic heterocycles. The van der Waals surface area contributed by atoms with Crippen LogP contribution in [0.1, 0.15) is 30.9 Å². The molecular formula is C22H23NO4. The van der Waals surface area contributed by atoms with Crippen LogP contribution in [0.4, 0.5) is 5.69 Å². The fourth-order valence-corrected chi connectivity index (χ4v) is 3.79. The van der Waals surface area contributed by atoms with Gasteiger partial charge in [0.05, 0.1) is 18.2 Å². The predicted octanol–water partition coefficient (Wildman–Crippen LogP) is 3.47. The second-order valence-corrected chi connectivity index (χ2v) is 7.43. The van der Waals surface area contributed by atoms with Gasteiger partial charge in [0, 0.05) is 5.92 Å². The summed E-state index contributed by atoms with van der Waals surface area (Å²) in [6.07, 6.45) is 0. The summed E-state index contributed by atoms with van der Waals surface area (Å²) < 4.78 is 4.95. The predicted molar refractivity (Wildman–Crippen MR) is 102 cm³/mol. The van der Waals surface area contributed by atoms with Crippen LogP contribution >= 0.6 is 0 Å². The van der Waals surface area contributed by atoms with Crippen molar-refractivity contribution in [2.45, 2.75) is 26.7 Å². The zero-order valence-corrected chi connectivity index (χ0v) is 15.9. The van der Waals surface area contributed by atoms with E-state index in [1.165, 1.54) is 7.11 Å². The number of amides is 2. The van der Waals surface area contributed by atoms with E-state index in [1.807, 2.05) is 49.4 Å². The summed E-state index contributed by atoms with van der Waals surface area (Å²) in [4.78, 5) is 40.4. The molecule has 1 aliphatic rings. The largest absolute Gasteiger partial charge is 0.468 e. The quantitative estimate of drug-likeness (QED) is 0.475. The van der Waals surface area contributed by atoms with E-state index >= 15 is 0 Å². The molecule has 2 aromatic rings. The number of aryl methyl sites for hydroxylation is 1. The zero-order valence-electron chi connectivity index (χ0n) is 15.9. The van der Waals surface area contributed by atoms with Gasteiger partial charge in [-0.1, -0.05) is 61.9 Å². The number of nitrogens with zero attached hydrogens (tertiary/aromatic N) is 1. The molecule has 0 unspecified atom stereocenters.